The van der Waals surface area contributed by atoms with Crippen molar-refractivity contribution in [3.8, 4) is 22.9 Å². The Bertz CT molecular complexity index is 2510. The smallest absolute Gasteiger partial charge is 0.399 e. The number of imidazole rings is 1. The van der Waals surface area contributed by atoms with Crippen molar-refractivity contribution in [3.05, 3.63) is 156 Å². The average Bonchev–Trinajstić information content (AvgIpc) is 3.66. The molecular formula is C45H39B2IrN5O-2. The fourth-order valence-corrected chi connectivity index (χ4v) is 8.34. The minimum absolute atomic E-state index is 0. The summed E-state index contributed by atoms with van der Waals surface area (Å²) in [5.74, 6) is 3.74. The number of aromatic nitrogens is 3. The summed E-state index contributed by atoms with van der Waals surface area (Å²) in [5.41, 5.74) is 14.5. The molecule has 267 valence electrons. The number of para-hydroxylation sites is 2. The second-order valence-corrected chi connectivity index (χ2v) is 14.5. The molecule has 6 nitrogen and oxygen atoms in total. The van der Waals surface area contributed by atoms with Crippen molar-refractivity contribution in [3.63, 3.8) is 0 Å². The van der Waals surface area contributed by atoms with Gasteiger partial charge in [-0.1, -0.05) is 70.5 Å². The van der Waals surface area contributed by atoms with Crippen LogP contribution in [0.2, 0.25) is 0 Å². The maximum absolute atomic E-state index is 6.31. The van der Waals surface area contributed by atoms with Crippen LogP contribution in [-0.2, 0) is 20.1 Å². The first kappa shape index (κ1) is 35.7. The summed E-state index contributed by atoms with van der Waals surface area (Å²) >= 11 is 0. The Labute approximate surface area is 332 Å². The Kier molecular flexibility index (Phi) is 9.33. The Balaban J connectivity index is 0.000000153. The minimum Gasteiger partial charge on any atom is -0.458 e. The summed E-state index contributed by atoms with van der Waals surface area (Å²) in [6, 6.07) is 43.0. The van der Waals surface area contributed by atoms with E-state index >= 15 is 0 Å². The minimum atomic E-state index is 0. The summed E-state index contributed by atoms with van der Waals surface area (Å²) in [6.07, 6.45) is 5.93. The van der Waals surface area contributed by atoms with Crippen LogP contribution in [0.3, 0.4) is 0 Å². The molecule has 9 heteroatoms. The van der Waals surface area contributed by atoms with E-state index in [0.29, 0.717) is 6.04 Å². The maximum Gasteiger partial charge on any atom is 0.399 e. The third-order valence-electron chi connectivity index (χ3n) is 10.9. The number of pyridine rings is 1. The van der Waals surface area contributed by atoms with E-state index in [1.165, 1.54) is 49.8 Å². The van der Waals surface area contributed by atoms with E-state index in [0.717, 1.165) is 40.1 Å². The molecule has 0 aliphatic carbocycles. The van der Waals surface area contributed by atoms with Crippen molar-refractivity contribution >= 4 is 58.4 Å². The molecule has 54 heavy (non-hydrogen) atoms. The molecule has 10 rings (SSSR count). The van der Waals surface area contributed by atoms with Crippen LogP contribution >= 0.6 is 0 Å². The second-order valence-electron chi connectivity index (χ2n) is 14.5. The normalized spacial score (nSPS) is 13.0. The zero-order valence-electron chi connectivity index (χ0n) is 31.3. The molecule has 5 heterocycles. The van der Waals surface area contributed by atoms with Crippen LogP contribution in [0.25, 0.3) is 11.4 Å². The molecule has 0 spiro atoms. The second kappa shape index (κ2) is 14.1. The molecule has 0 saturated carbocycles. The summed E-state index contributed by atoms with van der Waals surface area (Å²) in [4.78, 5) is 14.1. The van der Waals surface area contributed by atoms with Gasteiger partial charge in [0.05, 0.1) is 0 Å². The van der Waals surface area contributed by atoms with Crippen LogP contribution in [0, 0.1) is 39.8 Å². The van der Waals surface area contributed by atoms with E-state index in [4.69, 9.17) is 9.72 Å². The maximum atomic E-state index is 6.31. The van der Waals surface area contributed by atoms with Gasteiger partial charge in [-0.15, -0.1) is 29.7 Å². The van der Waals surface area contributed by atoms with Gasteiger partial charge in [-0.2, -0.15) is 24.3 Å². The zero-order chi connectivity index (χ0) is 36.4. The number of rotatable bonds is 3. The van der Waals surface area contributed by atoms with Crippen LogP contribution in [0.15, 0.2) is 122 Å². The Morgan fingerprint density at radius 1 is 0.685 bits per heavy atom. The first-order valence-electron chi connectivity index (χ1n) is 18.3. The fraction of sp³-hybridized carbons (Fsp3) is 0.156. The third kappa shape index (κ3) is 5.69. The summed E-state index contributed by atoms with van der Waals surface area (Å²) in [7, 11) is 0. The van der Waals surface area contributed by atoms with E-state index in [-0.39, 0.29) is 33.8 Å². The van der Waals surface area contributed by atoms with E-state index in [1.54, 1.807) is 0 Å². The molecule has 0 amide bonds. The Morgan fingerprint density at radius 3 is 2.19 bits per heavy atom. The van der Waals surface area contributed by atoms with Crippen LogP contribution in [-0.4, -0.2) is 34.2 Å². The Morgan fingerprint density at radius 2 is 1.39 bits per heavy atom. The van der Waals surface area contributed by atoms with E-state index in [2.05, 4.69) is 164 Å². The van der Waals surface area contributed by atoms with E-state index in [1.807, 2.05) is 30.6 Å². The monoisotopic (exact) mass is 880 g/mol. The van der Waals surface area contributed by atoms with Crippen molar-refractivity contribution in [1.29, 1.82) is 0 Å². The number of anilines is 4. The van der Waals surface area contributed by atoms with Gasteiger partial charge in [0.25, 0.3) is 0 Å². The van der Waals surface area contributed by atoms with Gasteiger partial charge >= 0.3 is 6.98 Å². The average molecular weight is 880 g/mol. The van der Waals surface area contributed by atoms with Crippen LogP contribution in [0.4, 0.5) is 22.9 Å². The quantitative estimate of drug-likeness (QED) is 0.138. The number of aryl methyl sites for hydroxylation is 4. The number of benzene rings is 5. The largest absolute Gasteiger partial charge is 0.458 e. The third-order valence-corrected chi connectivity index (χ3v) is 10.9. The van der Waals surface area contributed by atoms with Crippen molar-refractivity contribution in [2.24, 2.45) is 0 Å². The topological polar surface area (TPSA) is 46.4 Å². The zero-order valence-corrected chi connectivity index (χ0v) is 33.7. The van der Waals surface area contributed by atoms with Crippen molar-refractivity contribution < 1.29 is 24.8 Å². The SMILES string of the molecule is Cc1cccc(C)c1B1N(C(C)C)c2ccc[c-]c2-c2nccn21.Cc1cnc(N2c3[c-]cccc3B3c4ccccc4Oc4cccc2c43)cc1C.[Ir]. The molecule has 1 radical (unpaired) electrons. The van der Waals surface area contributed by atoms with Gasteiger partial charge in [0.2, 0.25) is 0 Å². The van der Waals surface area contributed by atoms with Gasteiger partial charge in [-0.25, -0.2) is 4.98 Å². The number of hydrogen-bond donors (Lipinski definition) is 0. The van der Waals surface area contributed by atoms with E-state index < -0.39 is 0 Å². The predicted molar refractivity (Wildman–Crippen MR) is 219 cm³/mol. The molecule has 3 aliphatic rings. The first-order valence-corrected chi connectivity index (χ1v) is 18.3. The van der Waals surface area contributed by atoms with Gasteiger partial charge in [-0.05, 0) is 93.3 Å². The van der Waals surface area contributed by atoms with Crippen LogP contribution in [0.5, 0.6) is 11.5 Å². The number of fused-ring (bicyclic) bond motifs is 7. The first-order chi connectivity index (χ1) is 25.8. The van der Waals surface area contributed by atoms with Gasteiger partial charge < -0.3 is 18.9 Å². The molecule has 7 aromatic rings. The number of ether oxygens (including phenoxy) is 1. The van der Waals surface area contributed by atoms with Crippen LogP contribution < -0.4 is 36.3 Å². The molecule has 0 fully saturated rings. The van der Waals surface area contributed by atoms with E-state index in [9.17, 15) is 0 Å². The van der Waals surface area contributed by atoms with Gasteiger partial charge in [-0.3, -0.25) is 4.98 Å². The summed E-state index contributed by atoms with van der Waals surface area (Å²) in [6.45, 7) is 13.4. The van der Waals surface area contributed by atoms with Gasteiger partial charge in [0.15, 0.2) is 6.71 Å². The molecule has 0 unspecified atom stereocenters. The van der Waals surface area contributed by atoms with Crippen molar-refractivity contribution in [1.82, 2.24) is 14.4 Å². The molecule has 0 N–H and O–H groups in total. The molecular weight excluding hydrogens is 840 g/mol. The fourth-order valence-electron chi connectivity index (χ4n) is 8.34. The predicted octanol–water partition coefficient (Wildman–Crippen LogP) is 7.34. The summed E-state index contributed by atoms with van der Waals surface area (Å²) < 4.78 is 8.59. The summed E-state index contributed by atoms with van der Waals surface area (Å²) in [5, 5.41) is 0. The molecule has 0 saturated heterocycles. The number of nitrogens with zero attached hydrogens (tertiary/aromatic N) is 5. The van der Waals surface area contributed by atoms with Crippen molar-refractivity contribution in [2.45, 2.75) is 47.6 Å². The molecule has 0 atom stereocenters. The van der Waals surface area contributed by atoms with Crippen molar-refractivity contribution in [2.75, 3.05) is 9.71 Å². The molecule has 2 aromatic heterocycles. The van der Waals surface area contributed by atoms with Crippen LogP contribution in [0.1, 0.15) is 36.1 Å². The van der Waals surface area contributed by atoms with Gasteiger partial charge in [0.1, 0.15) is 17.3 Å². The molecule has 0 bridgehead atoms. The standard InChI is InChI=1S/C25H18BN2O.C20H21BN3.Ir/c1-16-14-24(27-15-17(16)2)28-20-10-5-3-8-18(20)26-19-9-4-6-12-22(19)29-23-13-7-11-21(28)25(23)26;1-14(2)24-18-11-6-5-10-17(18)20-22-12-13-23(20)21(24)19-15(3)8-7-9-16(19)4;/h3-9,11-15H,1-2H3;5-9,11-14H,1-4H3;/q2*-1;. The number of hydrogen-bond acceptors (Lipinski definition) is 5. The molecule has 3 aliphatic heterocycles. The van der Waals surface area contributed by atoms with Gasteiger partial charge in [0, 0.05) is 56.2 Å². The molecule has 5 aromatic carbocycles. The Hall–Kier alpha value is -5.36.